The summed E-state index contributed by atoms with van der Waals surface area (Å²) in [4.78, 5) is 24.1. The minimum absolute atomic E-state index is 0.0825. The smallest absolute Gasteiger partial charge is 0.262 e. The third-order valence-electron chi connectivity index (χ3n) is 3.31. The number of benzene rings is 2. The van der Waals surface area contributed by atoms with Crippen LogP contribution in [0.4, 0.5) is 10.1 Å². The summed E-state index contributed by atoms with van der Waals surface area (Å²) >= 11 is 0. The van der Waals surface area contributed by atoms with Crippen molar-refractivity contribution in [2.24, 2.45) is 5.92 Å². The predicted octanol–water partition coefficient (Wildman–Crippen LogP) is 3.23. The second kappa shape index (κ2) is 8.82. The Bertz CT molecular complexity index is 747. The van der Waals surface area contributed by atoms with Crippen LogP contribution in [0.25, 0.3) is 0 Å². The van der Waals surface area contributed by atoms with Gasteiger partial charge in [0, 0.05) is 6.54 Å². The van der Waals surface area contributed by atoms with E-state index >= 15 is 0 Å². The van der Waals surface area contributed by atoms with Gasteiger partial charge in [-0.15, -0.1) is 0 Å². The molecule has 0 aliphatic carbocycles. The molecule has 2 N–H and O–H groups in total. The molecule has 0 spiro atoms. The fourth-order valence-corrected chi connectivity index (χ4v) is 2.06. The van der Waals surface area contributed by atoms with E-state index in [4.69, 9.17) is 4.74 Å². The van der Waals surface area contributed by atoms with Crippen LogP contribution < -0.4 is 15.4 Å². The molecule has 0 saturated heterocycles. The van der Waals surface area contributed by atoms with Crippen LogP contribution in [0.1, 0.15) is 24.2 Å². The van der Waals surface area contributed by atoms with Gasteiger partial charge in [-0.3, -0.25) is 9.59 Å². The summed E-state index contributed by atoms with van der Waals surface area (Å²) in [7, 11) is 0. The fourth-order valence-electron chi connectivity index (χ4n) is 2.06. The summed E-state index contributed by atoms with van der Waals surface area (Å²) in [5.41, 5.74) is 0.431. The van der Waals surface area contributed by atoms with Gasteiger partial charge in [-0.25, -0.2) is 4.39 Å². The van der Waals surface area contributed by atoms with E-state index in [9.17, 15) is 14.0 Å². The van der Waals surface area contributed by atoms with Crippen molar-refractivity contribution in [3.8, 4) is 5.75 Å². The second-order valence-corrected chi connectivity index (χ2v) is 5.92. The number of para-hydroxylation sites is 2. The van der Waals surface area contributed by atoms with Gasteiger partial charge in [0.25, 0.3) is 11.8 Å². The maximum atomic E-state index is 13.5. The van der Waals surface area contributed by atoms with E-state index in [2.05, 4.69) is 10.6 Å². The Balaban J connectivity index is 1.97. The standard InChI is InChI=1S/C19H21FN2O3/c1-13(2)11-21-19(24)14-7-3-6-10-17(14)25-12-18(23)22-16-9-5-4-8-15(16)20/h3-10,13H,11-12H2,1-2H3,(H,21,24)(H,22,23). The number of hydrogen-bond acceptors (Lipinski definition) is 3. The quantitative estimate of drug-likeness (QED) is 0.810. The maximum absolute atomic E-state index is 13.5. The summed E-state index contributed by atoms with van der Waals surface area (Å²) in [6.45, 7) is 4.20. The Hall–Kier alpha value is -2.89. The lowest BCUT2D eigenvalue weighted by Crippen LogP contribution is -2.28. The number of amides is 2. The first-order valence-electron chi connectivity index (χ1n) is 8.01. The molecule has 0 atom stereocenters. The largest absolute Gasteiger partial charge is 0.483 e. The summed E-state index contributed by atoms with van der Waals surface area (Å²) in [6.07, 6.45) is 0. The molecular formula is C19H21FN2O3. The molecule has 5 nitrogen and oxygen atoms in total. The number of rotatable bonds is 7. The molecule has 0 aliphatic heterocycles. The van der Waals surface area contributed by atoms with Crippen molar-refractivity contribution in [2.45, 2.75) is 13.8 Å². The number of carbonyl (C=O) groups is 2. The highest BCUT2D eigenvalue weighted by molar-refractivity contribution is 5.97. The number of anilines is 1. The molecule has 0 bridgehead atoms. The fraction of sp³-hybridized carbons (Fsp3) is 0.263. The zero-order valence-electron chi connectivity index (χ0n) is 14.2. The zero-order valence-corrected chi connectivity index (χ0v) is 14.2. The van der Waals surface area contributed by atoms with E-state index in [1.807, 2.05) is 13.8 Å². The molecule has 0 aromatic heterocycles. The minimum atomic E-state index is -0.524. The van der Waals surface area contributed by atoms with Crippen molar-refractivity contribution in [3.05, 3.63) is 59.9 Å². The van der Waals surface area contributed by atoms with Crippen LogP contribution >= 0.6 is 0 Å². The molecular weight excluding hydrogens is 323 g/mol. The summed E-state index contributed by atoms with van der Waals surface area (Å²) in [5, 5.41) is 5.23. The van der Waals surface area contributed by atoms with Crippen molar-refractivity contribution >= 4 is 17.5 Å². The lowest BCUT2D eigenvalue weighted by atomic mass is 10.1. The monoisotopic (exact) mass is 344 g/mol. The molecule has 0 unspecified atom stereocenters. The number of ether oxygens (including phenoxy) is 1. The molecule has 2 amide bonds. The molecule has 25 heavy (non-hydrogen) atoms. The molecule has 0 heterocycles. The predicted molar refractivity (Wildman–Crippen MR) is 94.1 cm³/mol. The van der Waals surface area contributed by atoms with Gasteiger partial charge in [0.05, 0.1) is 11.3 Å². The van der Waals surface area contributed by atoms with Gasteiger partial charge >= 0.3 is 0 Å². The highest BCUT2D eigenvalue weighted by atomic mass is 19.1. The van der Waals surface area contributed by atoms with E-state index in [0.717, 1.165) is 0 Å². The zero-order chi connectivity index (χ0) is 18.2. The molecule has 0 saturated carbocycles. The molecule has 0 radical (unpaired) electrons. The lowest BCUT2D eigenvalue weighted by molar-refractivity contribution is -0.118. The van der Waals surface area contributed by atoms with Gasteiger partial charge in [0.15, 0.2) is 6.61 Å². The number of nitrogens with one attached hydrogen (secondary N) is 2. The third kappa shape index (κ3) is 5.60. The van der Waals surface area contributed by atoms with Crippen LogP contribution in [0.3, 0.4) is 0 Å². The van der Waals surface area contributed by atoms with Crippen LogP contribution in [-0.2, 0) is 4.79 Å². The van der Waals surface area contributed by atoms with E-state index in [0.29, 0.717) is 23.8 Å². The van der Waals surface area contributed by atoms with Crippen molar-refractivity contribution in [1.29, 1.82) is 0 Å². The minimum Gasteiger partial charge on any atom is -0.483 e. The van der Waals surface area contributed by atoms with Crippen LogP contribution in [0.15, 0.2) is 48.5 Å². The van der Waals surface area contributed by atoms with Crippen molar-refractivity contribution in [1.82, 2.24) is 5.32 Å². The van der Waals surface area contributed by atoms with Gasteiger partial charge in [0.1, 0.15) is 11.6 Å². The summed E-state index contributed by atoms with van der Waals surface area (Å²) < 4.78 is 19.0. The molecule has 2 aromatic rings. The molecule has 0 aliphatic rings. The average molecular weight is 344 g/mol. The normalized spacial score (nSPS) is 10.4. The Morgan fingerprint density at radius 3 is 2.48 bits per heavy atom. The maximum Gasteiger partial charge on any atom is 0.262 e. The molecule has 2 aromatic carbocycles. The van der Waals surface area contributed by atoms with Gasteiger partial charge in [-0.05, 0) is 30.2 Å². The Kier molecular flexibility index (Phi) is 6.51. The summed E-state index contributed by atoms with van der Waals surface area (Å²) in [6, 6.07) is 12.5. The first kappa shape index (κ1) is 18.4. The van der Waals surface area contributed by atoms with E-state index in [1.165, 1.54) is 18.2 Å². The van der Waals surface area contributed by atoms with Gasteiger partial charge in [-0.1, -0.05) is 38.1 Å². The first-order valence-corrected chi connectivity index (χ1v) is 8.01. The Morgan fingerprint density at radius 1 is 1.08 bits per heavy atom. The Morgan fingerprint density at radius 2 is 1.76 bits per heavy atom. The van der Waals surface area contributed by atoms with Crippen molar-refractivity contribution < 1.29 is 18.7 Å². The van der Waals surface area contributed by atoms with E-state index in [1.54, 1.807) is 30.3 Å². The van der Waals surface area contributed by atoms with Crippen LogP contribution in [0, 0.1) is 11.7 Å². The van der Waals surface area contributed by atoms with Gasteiger partial charge in [0.2, 0.25) is 0 Å². The van der Waals surface area contributed by atoms with Crippen LogP contribution in [0.5, 0.6) is 5.75 Å². The summed E-state index contributed by atoms with van der Waals surface area (Å²) in [5.74, 6) is -0.679. The number of hydrogen-bond donors (Lipinski definition) is 2. The molecule has 132 valence electrons. The SMILES string of the molecule is CC(C)CNC(=O)c1ccccc1OCC(=O)Nc1ccccc1F. The first-order chi connectivity index (χ1) is 12.0. The highest BCUT2D eigenvalue weighted by Gasteiger charge is 2.14. The van der Waals surface area contributed by atoms with Gasteiger partial charge < -0.3 is 15.4 Å². The number of halogens is 1. The van der Waals surface area contributed by atoms with Crippen molar-refractivity contribution in [2.75, 3.05) is 18.5 Å². The van der Waals surface area contributed by atoms with Crippen molar-refractivity contribution in [3.63, 3.8) is 0 Å². The van der Waals surface area contributed by atoms with Crippen LogP contribution in [-0.4, -0.2) is 25.0 Å². The lowest BCUT2D eigenvalue weighted by Gasteiger charge is -2.13. The van der Waals surface area contributed by atoms with Crippen LogP contribution in [0.2, 0.25) is 0 Å². The third-order valence-corrected chi connectivity index (χ3v) is 3.31. The molecule has 6 heteroatoms. The topological polar surface area (TPSA) is 67.4 Å². The van der Waals surface area contributed by atoms with Gasteiger partial charge in [-0.2, -0.15) is 0 Å². The average Bonchev–Trinajstić information content (AvgIpc) is 2.60. The highest BCUT2D eigenvalue weighted by Crippen LogP contribution is 2.18. The Labute approximate surface area is 146 Å². The second-order valence-electron chi connectivity index (χ2n) is 5.92. The molecule has 2 rings (SSSR count). The molecule has 0 fully saturated rings. The number of carbonyl (C=O) groups excluding carboxylic acids is 2. The van der Waals surface area contributed by atoms with E-state index < -0.39 is 11.7 Å². The van der Waals surface area contributed by atoms with E-state index in [-0.39, 0.29) is 18.2 Å².